The topological polar surface area (TPSA) is 58.0 Å². The summed E-state index contributed by atoms with van der Waals surface area (Å²) in [6, 6.07) is 0. The number of anilines is 1. The van der Waals surface area contributed by atoms with Crippen LogP contribution in [0.15, 0.2) is 12.4 Å². The van der Waals surface area contributed by atoms with Crippen molar-refractivity contribution in [1.82, 2.24) is 9.97 Å². The molecule has 0 spiro atoms. The fraction of sp³-hybridized carbons (Fsp3) is 0.692. The molecule has 1 saturated carbocycles. The van der Waals surface area contributed by atoms with Gasteiger partial charge < -0.3 is 10.4 Å². The summed E-state index contributed by atoms with van der Waals surface area (Å²) in [5.41, 5.74) is 0.310. The van der Waals surface area contributed by atoms with Crippen LogP contribution in [-0.4, -0.2) is 27.2 Å². The summed E-state index contributed by atoms with van der Waals surface area (Å²) in [6.45, 7) is 2.50. The molecule has 94 valence electrons. The molecule has 0 bridgehead atoms. The Morgan fingerprint density at radius 3 is 2.47 bits per heavy atom. The third-order valence-electron chi connectivity index (χ3n) is 3.50. The van der Waals surface area contributed by atoms with Crippen molar-refractivity contribution >= 4 is 5.82 Å². The SMILES string of the molecule is Cc1nccnc1NCC1(O)CCCCCC1. The van der Waals surface area contributed by atoms with E-state index in [1.54, 1.807) is 12.4 Å². The molecule has 1 aliphatic carbocycles. The van der Waals surface area contributed by atoms with Gasteiger partial charge in [-0.15, -0.1) is 0 Å². The Balaban J connectivity index is 1.94. The van der Waals surface area contributed by atoms with Crippen molar-refractivity contribution in [1.29, 1.82) is 0 Å². The Bertz CT molecular complexity index is 359. The van der Waals surface area contributed by atoms with Crippen LogP contribution in [0.25, 0.3) is 0 Å². The zero-order valence-electron chi connectivity index (χ0n) is 10.4. The fourth-order valence-electron chi connectivity index (χ4n) is 2.39. The number of rotatable bonds is 3. The lowest BCUT2D eigenvalue weighted by Crippen LogP contribution is -2.36. The van der Waals surface area contributed by atoms with Crippen molar-refractivity contribution in [2.45, 2.75) is 51.0 Å². The van der Waals surface area contributed by atoms with Gasteiger partial charge in [-0.3, -0.25) is 4.98 Å². The molecule has 1 aromatic rings. The Labute approximate surface area is 102 Å². The number of nitrogens with zero attached hydrogens (tertiary/aromatic N) is 2. The molecule has 1 heterocycles. The zero-order valence-corrected chi connectivity index (χ0v) is 10.4. The first-order valence-electron chi connectivity index (χ1n) is 6.43. The number of nitrogens with one attached hydrogen (secondary N) is 1. The highest BCUT2D eigenvalue weighted by molar-refractivity contribution is 5.38. The molecule has 17 heavy (non-hydrogen) atoms. The van der Waals surface area contributed by atoms with Crippen molar-refractivity contribution in [2.24, 2.45) is 0 Å². The molecule has 2 rings (SSSR count). The highest BCUT2D eigenvalue weighted by Gasteiger charge is 2.27. The van der Waals surface area contributed by atoms with Crippen LogP contribution >= 0.6 is 0 Å². The van der Waals surface area contributed by atoms with E-state index in [1.165, 1.54) is 12.8 Å². The molecular weight excluding hydrogens is 214 g/mol. The largest absolute Gasteiger partial charge is 0.388 e. The van der Waals surface area contributed by atoms with E-state index in [9.17, 15) is 5.11 Å². The van der Waals surface area contributed by atoms with Crippen molar-refractivity contribution in [3.05, 3.63) is 18.1 Å². The molecule has 0 amide bonds. The lowest BCUT2D eigenvalue weighted by molar-refractivity contribution is 0.0380. The number of aryl methyl sites for hydroxylation is 1. The summed E-state index contributed by atoms with van der Waals surface area (Å²) in [7, 11) is 0. The van der Waals surface area contributed by atoms with E-state index >= 15 is 0 Å². The molecular formula is C13H21N3O. The Hall–Kier alpha value is -1.16. The minimum absolute atomic E-state index is 0.569. The van der Waals surface area contributed by atoms with Gasteiger partial charge in [-0.25, -0.2) is 4.98 Å². The maximum atomic E-state index is 10.5. The predicted molar refractivity (Wildman–Crippen MR) is 67.9 cm³/mol. The van der Waals surface area contributed by atoms with Crippen LogP contribution in [0.1, 0.15) is 44.2 Å². The first kappa shape index (κ1) is 12.3. The van der Waals surface area contributed by atoms with E-state index in [0.29, 0.717) is 6.54 Å². The third kappa shape index (κ3) is 3.40. The first-order chi connectivity index (χ1) is 8.20. The summed E-state index contributed by atoms with van der Waals surface area (Å²) in [6.07, 6.45) is 9.86. The van der Waals surface area contributed by atoms with Crippen LogP contribution in [0.5, 0.6) is 0 Å². The van der Waals surface area contributed by atoms with Crippen LogP contribution in [0.3, 0.4) is 0 Å². The average molecular weight is 235 g/mol. The van der Waals surface area contributed by atoms with Crippen LogP contribution < -0.4 is 5.32 Å². The van der Waals surface area contributed by atoms with Crippen molar-refractivity contribution in [2.75, 3.05) is 11.9 Å². The summed E-state index contributed by atoms with van der Waals surface area (Å²) < 4.78 is 0. The van der Waals surface area contributed by atoms with Crippen LogP contribution in [0, 0.1) is 6.92 Å². The summed E-state index contributed by atoms with van der Waals surface area (Å²) >= 11 is 0. The van der Waals surface area contributed by atoms with Crippen molar-refractivity contribution in [3.63, 3.8) is 0 Å². The fourth-order valence-corrected chi connectivity index (χ4v) is 2.39. The Kier molecular flexibility index (Phi) is 3.94. The van der Waals surface area contributed by atoms with Gasteiger partial charge in [0, 0.05) is 18.9 Å². The zero-order chi connectivity index (χ0) is 12.1. The molecule has 1 fully saturated rings. The van der Waals surface area contributed by atoms with Gasteiger partial charge >= 0.3 is 0 Å². The maximum Gasteiger partial charge on any atom is 0.147 e. The van der Waals surface area contributed by atoms with Crippen molar-refractivity contribution in [3.8, 4) is 0 Å². The third-order valence-corrected chi connectivity index (χ3v) is 3.50. The van der Waals surface area contributed by atoms with Gasteiger partial charge in [0.1, 0.15) is 5.82 Å². The van der Waals surface area contributed by atoms with E-state index in [0.717, 1.165) is 37.2 Å². The molecule has 0 saturated heterocycles. The maximum absolute atomic E-state index is 10.5. The van der Waals surface area contributed by atoms with Crippen LogP contribution in [-0.2, 0) is 0 Å². The number of hydrogen-bond acceptors (Lipinski definition) is 4. The molecule has 4 nitrogen and oxygen atoms in total. The molecule has 0 aromatic carbocycles. The molecule has 0 unspecified atom stereocenters. The molecule has 1 aliphatic rings. The van der Waals surface area contributed by atoms with Gasteiger partial charge in [0.05, 0.1) is 11.3 Å². The van der Waals surface area contributed by atoms with Gasteiger partial charge in [-0.1, -0.05) is 25.7 Å². The Morgan fingerprint density at radius 2 is 1.82 bits per heavy atom. The predicted octanol–water partition coefficient (Wildman–Crippen LogP) is 2.28. The number of aromatic nitrogens is 2. The van der Waals surface area contributed by atoms with Gasteiger partial charge in [-0.2, -0.15) is 0 Å². The molecule has 4 heteroatoms. The molecule has 0 atom stereocenters. The minimum atomic E-state index is -0.569. The molecule has 0 aliphatic heterocycles. The van der Waals surface area contributed by atoms with E-state index in [4.69, 9.17) is 0 Å². The van der Waals surface area contributed by atoms with E-state index < -0.39 is 5.60 Å². The molecule has 2 N–H and O–H groups in total. The lowest BCUT2D eigenvalue weighted by Gasteiger charge is -2.27. The lowest BCUT2D eigenvalue weighted by atomic mass is 9.94. The summed E-state index contributed by atoms with van der Waals surface area (Å²) in [5, 5.41) is 13.7. The minimum Gasteiger partial charge on any atom is -0.388 e. The van der Waals surface area contributed by atoms with Gasteiger partial charge in [0.25, 0.3) is 0 Å². The first-order valence-corrected chi connectivity index (χ1v) is 6.43. The second-order valence-corrected chi connectivity index (χ2v) is 4.98. The number of aliphatic hydroxyl groups is 1. The quantitative estimate of drug-likeness (QED) is 0.789. The molecule has 0 radical (unpaired) electrons. The highest BCUT2D eigenvalue weighted by atomic mass is 16.3. The number of hydrogen-bond donors (Lipinski definition) is 2. The summed E-state index contributed by atoms with van der Waals surface area (Å²) in [4.78, 5) is 8.41. The second kappa shape index (κ2) is 5.45. The smallest absolute Gasteiger partial charge is 0.147 e. The normalized spacial score (nSPS) is 19.6. The summed E-state index contributed by atoms with van der Waals surface area (Å²) in [5.74, 6) is 0.783. The van der Waals surface area contributed by atoms with Crippen molar-refractivity contribution < 1.29 is 5.11 Å². The average Bonchev–Trinajstić information content (AvgIpc) is 2.54. The van der Waals surface area contributed by atoms with Gasteiger partial charge in [0.2, 0.25) is 0 Å². The Morgan fingerprint density at radius 1 is 1.18 bits per heavy atom. The van der Waals surface area contributed by atoms with E-state index in [-0.39, 0.29) is 0 Å². The standard InChI is InChI=1S/C13H21N3O/c1-11-12(15-9-8-14-11)16-10-13(17)6-4-2-3-5-7-13/h8-9,17H,2-7,10H2,1H3,(H,15,16). The monoisotopic (exact) mass is 235 g/mol. The van der Waals surface area contributed by atoms with Gasteiger partial charge in [0.15, 0.2) is 0 Å². The molecule has 1 aromatic heterocycles. The van der Waals surface area contributed by atoms with Crippen LogP contribution in [0.2, 0.25) is 0 Å². The van der Waals surface area contributed by atoms with Gasteiger partial charge in [-0.05, 0) is 19.8 Å². The van der Waals surface area contributed by atoms with Crippen LogP contribution in [0.4, 0.5) is 5.82 Å². The second-order valence-electron chi connectivity index (χ2n) is 4.98. The highest BCUT2D eigenvalue weighted by Crippen LogP contribution is 2.27. The van der Waals surface area contributed by atoms with E-state index in [1.807, 2.05) is 6.92 Å². The van der Waals surface area contributed by atoms with E-state index in [2.05, 4.69) is 15.3 Å².